The number of pyridine rings is 1. The Bertz CT molecular complexity index is 1150. The van der Waals surface area contributed by atoms with Crippen LogP contribution < -0.4 is 10.5 Å². The molecule has 0 amide bonds. The molecular formula is C33H48N2O6. The van der Waals surface area contributed by atoms with Gasteiger partial charge in [-0.15, -0.1) is 0 Å². The molecule has 4 atom stereocenters. The SMILES string of the molecule is COc1cc(CCC(CC(OC(C)=O)C2CCCCCC(CC(C)C)C2)OC(C)=O)c(-c2ccnc(N)c2)cc1O. The normalized spacial score (nSPS) is 19.1. The van der Waals surface area contributed by atoms with Crippen molar-refractivity contribution < 1.29 is 28.9 Å². The standard InChI is InChI=1S/C33H48N2O6/c1-21(2)15-24-9-7-6-8-10-27(16-24)31(41-23(4)37)19-28(40-22(3)36)12-11-25-17-32(39-5)30(38)20-29(25)26-13-14-35-33(34)18-26/h13-14,17-18,20-21,24,27-28,31,38H,6-12,15-16,19H2,1-5H3,(H2,34,35). The molecule has 2 aromatic rings. The molecule has 0 spiro atoms. The highest BCUT2D eigenvalue weighted by molar-refractivity contribution is 5.72. The van der Waals surface area contributed by atoms with Gasteiger partial charge in [-0.05, 0) is 90.8 Å². The average Bonchev–Trinajstić information content (AvgIpc) is 2.87. The Balaban J connectivity index is 1.86. The fraction of sp³-hybridized carbons (Fsp3) is 0.606. The van der Waals surface area contributed by atoms with Crippen LogP contribution in [0.3, 0.4) is 0 Å². The number of esters is 2. The van der Waals surface area contributed by atoms with Crippen molar-refractivity contribution in [3.05, 3.63) is 36.0 Å². The number of nitrogen functional groups attached to an aromatic ring is 1. The lowest BCUT2D eigenvalue weighted by Gasteiger charge is -2.34. The first-order valence-electron chi connectivity index (χ1n) is 15.0. The highest BCUT2D eigenvalue weighted by Crippen LogP contribution is 2.38. The zero-order chi connectivity index (χ0) is 29.9. The van der Waals surface area contributed by atoms with Crippen molar-refractivity contribution in [3.8, 4) is 22.6 Å². The predicted octanol–water partition coefficient (Wildman–Crippen LogP) is 6.86. The Kier molecular flexibility index (Phi) is 12.3. The number of carbonyl (C=O) groups excluding carboxylic acids is 2. The number of phenols is 1. The number of nitrogens with zero attached hydrogens (tertiary/aromatic N) is 1. The maximum atomic E-state index is 12.2. The molecule has 1 saturated carbocycles. The molecule has 226 valence electrons. The molecule has 1 aromatic heterocycles. The molecule has 8 heteroatoms. The number of nitrogens with two attached hydrogens (primary N) is 1. The molecule has 1 aromatic carbocycles. The Morgan fingerprint density at radius 3 is 2.46 bits per heavy atom. The van der Waals surface area contributed by atoms with Crippen LogP contribution in [-0.2, 0) is 25.5 Å². The summed E-state index contributed by atoms with van der Waals surface area (Å²) >= 11 is 0. The third-order valence-corrected chi connectivity index (χ3v) is 8.03. The highest BCUT2D eigenvalue weighted by atomic mass is 16.6. The van der Waals surface area contributed by atoms with E-state index >= 15 is 0 Å². The molecule has 1 fully saturated rings. The number of rotatable bonds is 12. The van der Waals surface area contributed by atoms with Crippen LogP contribution in [-0.4, -0.2) is 41.3 Å². The van der Waals surface area contributed by atoms with E-state index in [0.717, 1.165) is 36.0 Å². The number of methoxy groups -OCH3 is 1. The summed E-state index contributed by atoms with van der Waals surface area (Å²) in [6, 6.07) is 7.06. The molecule has 3 rings (SSSR count). The molecule has 41 heavy (non-hydrogen) atoms. The number of aryl methyl sites for hydroxylation is 1. The molecular weight excluding hydrogens is 520 g/mol. The predicted molar refractivity (Wildman–Crippen MR) is 160 cm³/mol. The van der Waals surface area contributed by atoms with Gasteiger partial charge in [0, 0.05) is 26.5 Å². The van der Waals surface area contributed by atoms with Gasteiger partial charge < -0.3 is 25.1 Å². The second kappa shape index (κ2) is 15.6. The fourth-order valence-electron chi connectivity index (χ4n) is 6.35. The average molecular weight is 569 g/mol. The molecule has 1 aliphatic rings. The summed E-state index contributed by atoms with van der Waals surface area (Å²) in [5.74, 6) is 1.54. The van der Waals surface area contributed by atoms with Gasteiger partial charge in [0.25, 0.3) is 0 Å². The Morgan fingerprint density at radius 2 is 1.80 bits per heavy atom. The topological polar surface area (TPSA) is 121 Å². The summed E-state index contributed by atoms with van der Waals surface area (Å²) in [6.07, 6.45) is 10.3. The van der Waals surface area contributed by atoms with E-state index in [1.807, 2.05) is 6.07 Å². The summed E-state index contributed by atoms with van der Waals surface area (Å²) in [4.78, 5) is 28.5. The number of phenolic OH excluding ortho intramolecular Hbond substituents is 1. The zero-order valence-electron chi connectivity index (χ0n) is 25.4. The van der Waals surface area contributed by atoms with Gasteiger partial charge in [0.1, 0.15) is 18.0 Å². The van der Waals surface area contributed by atoms with E-state index in [9.17, 15) is 14.7 Å². The minimum atomic E-state index is -0.444. The van der Waals surface area contributed by atoms with Gasteiger partial charge in [-0.2, -0.15) is 0 Å². The van der Waals surface area contributed by atoms with E-state index in [0.29, 0.717) is 42.7 Å². The molecule has 0 bridgehead atoms. The van der Waals surface area contributed by atoms with Crippen LogP contribution >= 0.6 is 0 Å². The first-order chi connectivity index (χ1) is 19.5. The summed E-state index contributed by atoms with van der Waals surface area (Å²) in [7, 11) is 1.51. The number of ether oxygens (including phenoxy) is 3. The molecule has 0 radical (unpaired) electrons. The number of carbonyl (C=O) groups is 2. The molecule has 4 unspecified atom stereocenters. The summed E-state index contributed by atoms with van der Waals surface area (Å²) < 4.78 is 17.2. The lowest BCUT2D eigenvalue weighted by molar-refractivity contribution is -0.156. The monoisotopic (exact) mass is 568 g/mol. The van der Waals surface area contributed by atoms with Crippen molar-refractivity contribution in [1.82, 2.24) is 4.98 Å². The van der Waals surface area contributed by atoms with Gasteiger partial charge in [-0.25, -0.2) is 4.98 Å². The maximum absolute atomic E-state index is 12.2. The van der Waals surface area contributed by atoms with Crippen molar-refractivity contribution in [1.29, 1.82) is 0 Å². The van der Waals surface area contributed by atoms with Crippen molar-refractivity contribution in [3.63, 3.8) is 0 Å². The molecule has 8 nitrogen and oxygen atoms in total. The first kappa shape index (κ1) is 32.2. The van der Waals surface area contributed by atoms with Gasteiger partial charge in [0.05, 0.1) is 7.11 Å². The number of anilines is 1. The summed E-state index contributed by atoms with van der Waals surface area (Å²) in [6.45, 7) is 7.40. The largest absolute Gasteiger partial charge is 0.504 e. The summed E-state index contributed by atoms with van der Waals surface area (Å²) in [5.41, 5.74) is 8.47. The molecule has 1 heterocycles. The molecule has 0 saturated heterocycles. The highest BCUT2D eigenvalue weighted by Gasteiger charge is 2.32. The van der Waals surface area contributed by atoms with E-state index < -0.39 is 6.10 Å². The van der Waals surface area contributed by atoms with Crippen molar-refractivity contribution in [2.75, 3.05) is 12.8 Å². The third-order valence-electron chi connectivity index (χ3n) is 8.03. The van der Waals surface area contributed by atoms with Gasteiger partial charge in [-0.1, -0.05) is 39.5 Å². The second-order valence-electron chi connectivity index (χ2n) is 11.9. The number of hydrogen-bond donors (Lipinski definition) is 2. The number of aromatic nitrogens is 1. The van der Waals surface area contributed by atoms with Crippen LogP contribution in [0.25, 0.3) is 11.1 Å². The van der Waals surface area contributed by atoms with Crippen molar-refractivity contribution in [2.24, 2.45) is 17.8 Å². The van der Waals surface area contributed by atoms with Crippen molar-refractivity contribution in [2.45, 2.75) is 104 Å². The Labute approximate surface area is 245 Å². The number of hydrogen-bond acceptors (Lipinski definition) is 8. The molecule has 1 aliphatic carbocycles. The van der Waals surface area contributed by atoms with E-state index in [1.165, 1.54) is 46.6 Å². The molecule has 3 N–H and O–H groups in total. The zero-order valence-corrected chi connectivity index (χ0v) is 25.4. The lowest BCUT2D eigenvalue weighted by Crippen LogP contribution is -2.34. The van der Waals surface area contributed by atoms with Gasteiger partial charge in [0.2, 0.25) is 0 Å². The van der Waals surface area contributed by atoms with E-state index in [4.69, 9.17) is 19.9 Å². The maximum Gasteiger partial charge on any atom is 0.302 e. The van der Waals surface area contributed by atoms with Crippen LogP contribution in [0.4, 0.5) is 5.82 Å². The van der Waals surface area contributed by atoms with Crippen LogP contribution in [0.5, 0.6) is 11.5 Å². The fourth-order valence-corrected chi connectivity index (χ4v) is 6.35. The number of aromatic hydroxyl groups is 1. The van der Waals surface area contributed by atoms with Crippen LogP contribution in [0.1, 0.15) is 91.0 Å². The van der Waals surface area contributed by atoms with Crippen LogP contribution in [0.15, 0.2) is 30.5 Å². The van der Waals surface area contributed by atoms with Gasteiger partial charge >= 0.3 is 11.9 Å². The Hall–Kier alpha value is -3.29. The Morgan fingerprint density at radius 1 is 1.07 bits per heavy atom. The summed E-state index contributed by atoms with van der Waals surface area (Å²) in [5, 5.41) is 10.5. The van der Waals surface area contributed by atoms with E-state index in [1.54, 1.807) is 24.4 Å². The first-order valence-corrected chi connectivity index (χ1v) is 15.0. The van der Waals surface area contributed by atoms with Gasteiger partial charge in [-0.3, -0.25) is 9.59 Å². The quantitative estimate of drug-likeness (QED) is 0.266. The number of benzene rings is 1. The minimum absolute atomic E-state index is 0.0216. The lowest BCUT2D eigenvalue weighted by atomic mass is 9.77. The van der Waals surface area contributed by atoms with E-state index in [-0.39, 0.29) is 29.7 Å². The van der Waals surface area contributed by atoms with Crippen LogP contribution in [0.2, 0.25) is 0 Å². The smallest absolute Gasteiger partial charge is 0.302 e. The van der Waals surface area contributed by atoms with Crippen molar-refractivity contribution >= 4 is 17.8 Å². The minimum Gasteiger partial charge on any atom is -0.504 e. The van der Waals surface area contributed by atoms with Gasteiger partial charge in [0.15, 0.2) is 11.5 Å². The van der Waals surface area contributed by atoms with Crippen LogP contribution in [0, 0.1) is 17.8 Å². The second-order valence-corrected chi connectivity index (χ2v) is 11.9. The third kappa shape index (κ3) is 10.2. The van der Waals surface area contributed by atoms with E-state index in [2.05, 4.69) is 18.8 Å². The molecule has 0 aliphatic heterocycles.